The van der Waals surface area contributed by atoms with Crippen LogP contribution in [-0.4, -0.2) is 20.3 Å². The van der Waals surface area contributed by atoms with Gasteiger partial charge in [-0.2, -0.15) is 0 Å². The molecule has 16 heavy (non-hydrogen) atoms. The normalized spacial score (nSPS) is 15.2. The van der Waals surface area contributed by atoms with Gasteiger partial charge in [-0.05, 0) is 55.8 Å². The van der Waals surface area contributed by atoms with Gasteiger partial charge in [-0.15, -0.1) is 0 Å². The molecule has 0 fully saturated rings. The molecule has 0 saturated heterocycles. The Balaban J connectivity index is 4.73. The predicted octanol–water partition coefficient (Wildman–Crippen LogP) is 3.26. The van der Waals surface area contributed by atoms with Crippen LogP contribution in [0.15, 0.2) is 52.2 Å². The molecule has 0 amide bonds. The fourth-order valence-electron chi connectivity index (χ4n) is 1.12. The molecule has 0 radical (unpaired) electrons. The van der Waals surface area contributed by atoms with Gasteiger partial charge in [-0.3, -0.25) is 4.99 Å². The van der Waals surface area contributed by atoms with Crippen molar-refractivity contribution >= 4 is 6.21 Å². The van der Waals surface area contributed by atoms with Gasteiger partial charge in [0.1, 0.15) is 0 Å². The number of rotatable bonds is 5. The number of hydrogen-bond acceptors (Lipinski definition) is 2. The van der Waals surface area contributed by atoms with Crippen molar-refractivity contribution < 1.29 is 0 Å². The van der Waals surface area contributed by atoms with Gasteiger partial charge in [0.25, 0.3) is 0 Å². The summed E-state index contributed by atoms with van der Waals surface area (Å²) in [6.07, 6.45) is 11.8. The summed E-state index contributed by atoms with van der Waals surface area (Å²) in [5, 5.41) is 2.96. The van der Waals surface area contributed by atoms with E-state index in [-0.39, 0.29) is 0 Å². The second-order valence-electron chi connectivity index (χ2n) is 3.57. The van der Waals surface area contributed by atoms with E-state index >= 15 is 0 Å². The second kappa shape index (κ2) is 8.72. The Morgan fingerprint density at radius 2 is 1.81 bits per heavy atom. The van der Waals surface area contributed by atoms with Crippen molar-refractivity contribution in [1.29, 1.82) is 0 Å². The average Bonchev–Trinajstić information content (AvgIpc) is 2.28. The molecule has 0 heterocycles. The van der Waals surface area contributed by atoms with Gasteiger partial charge < -0.3 is 5.32 Å². The molecule has 2 heteroatoms. The Labute approximate surface area is 99.2 Å². The van der Waals surface area contributed by atoms with Crippen molar-refractivity contribution in [2.45, 2.75) is 20.8 Å². The molecular weight excluding hydrogens is 196 g/mol. The molecule has 0 bridgehead atoms. The van der Waals surface area contributed by atoms with Crippen molar-refractivity contribution in [3.8, 4) is 0 Å². The molecule has 0 atom stereocenters. The Hall–Kier alpha value is -1.57. The largest absolute Gasteiger partial charge is 0.394 e. The Morgan fingerprint density at radius 3 is 2.38 bits per heavy atom. The monoisotopic (exact) mass is 218 g/mol. The molecule has 88 valence electrons. The van der Waals surface area contributed by atoms with Crippen molar-refractivity contribution in [2.75, 3.05) is 14.1 Å². The standard InChI is InChI=1S/C14H22N2/c1-12(8-6-10-15-4)14(3)13(2)9-7-11-16-5/h6-11,15H,1-5H3/b9-7+,10-6+,12-8+,14-13+,16-11-. The maximum absolute atomic E-state index is 3.90. The summed E-state index contributed by atoms with van der Waals surface area (Å²) < 4.78 is 0. The topological polar surface area (TPSA) is 24.4 Å². The first kappa shape index (κ1) is 14.4. The maximum Gasteiger partial charge on any atom is 0.0277 e. The number of allylic oxidation sites excluding steroid dienone is 7. The average molecular weight is 218 g/mol. The smallest absolute Gasteiger partial charge is 0.0277 e. The van der Waals surface area contributed by atoms with Gasteiger partial charge in [-0.25, -0.2) is 0 Å². The lowest BCUT2D eigenvalue weighted by molar-refractivity contribution is 1.10. The number of aliphatic imine (C=N–C) groups is 1. The number of nitrogens with one attached hydrogen (secondary N) is 1. The third kappa shape index (κ3) is 6.02. The summed E-state index contributed by atoms with van der Waals surface area (Å²) in [5.74, 6) is 0. The van der Waals surface area contributed by atoms with Gasteiger partial charge in [0.05, 0.1) is 0 Å². The van der Waals surface area contributed by atoms with Crippen LogP contribution in [0.4, 0.5) is 0 Å². The van der Waals surface area contributed by atoms with Gasteiger partial charge in [0.2, 0.25) is 0 Å². The molecular formula is C14H22N2. The Morgan fingerprint density at radius 1 is 1.12 bits per heavy atom. The highest BCUT2D eigenvalue weighted by atomic mass is 14.8. The molecule has 0 aromatic carbocycles. The molecule has 0 saturated carbocycles. The fourth-order valence-corrected chi connectivity index (χ4v) is 1.12. The van der Waals surface area contributed by atoms with E-state index in [0.29, 0.717) is 0 Å². The zero-order valence-electron chi connectivity index (χ0n) is 10.9. The van der Waals surface area contributed by atoms with E-state index < -0.39 is 0 Å². The van der Waals surface area contributed by atoms with Crippen LogP contribution < -0.4 is 5.32 Å². The van der Waals surface area contributed by atoms with Gasteiger partial charge in [-0.1, -0.05) is 12.2 Å². The van der Waals surface area contributed by atoms with Crippen LogP contribution in [0, 0.1) is 0 Å². The molecule has 0 aliphatic carbocycles. The minimum Gasteiger partial charge on any atom is -0.394 e. The van der Waals surface area contributed by atoms with Gasteiger partial charge in [0, 0.05) is 20.3 Å². The summed E-state index contributed by atoms with van der Waals surface area (Å²) in [4.78, 5) is 3.90. The van der Waals surface area contributed by atoms with Crippen LogP contribution in [0.2, 0.25) is 0 Å². The summed E-state index contributed by atoms with van der Waals surface area (Å²) in [6, 6.07) is 0. The van der Waals surface area contributed by atoms with Crippen molar-refractivity contribution in [1.82, 2.24) is 5.32 Å². The molecule has 0 aromatic rings. The lowest BCUT2D eigenvalue weighted by Crippen LogP contribution is -1.90. The third-order valence-corrected chi connectivity index (χ3v) is 2.37. The van der Waals surface area contributed by atoms with E-state index in [4.69, 9.17) is 0 Å². The molecule has 0 aliphatic heterocycles. The lowest BCUT2D eigenvalue weighted by atomic mass is 10.0. The highest BCUT2D eigenvalue weighted by Gasteiger charge is 1.94. The Kier molecular flexibility index (Phi) is 7.86. The minimum atomic E-state index is 1.26. The molecule has 0 unspecified atom stereocenters. The van der Waals surface area contributed by atoms with E-state index in [2.05, 4.69) is 43.2 Å². The van der Waals surface area contributed by atoms with Crippen molar-refractivity contribution in [3.05, 3.63) is 47.2 Å². The first-order valence-corrected chi connectivity index (χ1v) is 5.40. The van der Waals surface area contributed by atoms with Crippen LogP contribution in [0.3, 0.4) is 0 Å². The van der Waals surface area contributed by atoms with Gasteiger partial charge >= 0.3 is 0 Å². The Bertz CT molecular complexity index is 342. The zero-order chi connectivity index (χ0) is 12.4. The molecule has 1 N–H and O–H groups in total. The number of nitrogens with zero attached hydrogens (tertiary/aromatic N) is 1. The van der Waals surface area contributed by atoms with Crippen LogP contribution >= 0.6 is 0 Å². The summed E-state index contributed by atoms with van der Waals surface area (Å²) in [7, 11) is 3.66. The van der Waals surface area contributed by atoms with E-state index in [1.54, 1.807) is 13.3 Å². The first-order chi connectivity index (χ1) is 7.63. The minimum absolute atomic E-state index is 1.26. The highest BCUT2D eigenvalue weighted by Crippen LogP contribution is 2.14. The first-order valence-electron chi connectivity index (χ1n) is 5.40. The predicted molar refractivity (Wildman–Crippen MR) is 73.9 cm³/mol. The molecule has 2 nitrogen and oxygen atoms in total. The fraction of sp³-hybridized carbons (Fsp3) is 0.357. The number of hydrogen-bond donors (Lipinski definition) is 1. The SMILES string of the molecule is C\N=C/C=C/C(C)=C(C)/C(C)=C/C=C/NC. The third-order valence-electron chi connectivity index (χ3n) is 2.37. The van der Waals surface area contributed by atoms with Gasteiger partial charge in [0.15, 0.2) is 0 Å². The second-order valence-corrected chi connectivity index (χ2v) is 3.57. The van der Waals surface area contributed by atoms with Crippen LogP contribution in [0.25, 0.3) is 0 Å². The van der Waals surface area contributed by atoms with Crippen molar-refractivity contribution in [2.24, 2.45) is 4.99 Å². The highest BCUT2D eigenvalue weighted by molar-refractivity contribution is 5.71. The maximum atomic E-state index is 3.90. The summed E-state index contributed by atoms with van der Waals surface area (Å²) >= 11 is 0. The molecule has 0 aromatic heterocycles. The van der Waals surface area contributed by atoms with E-state index in [1.807, 2.05) is 25.4 Å². The molecule has 0 spiro atoms. The summed E-state index contributed by atoms with van der Waals surface area (Å²) in [5.41, 5.74) is 3.81. The molecule has 0 rings (SSSR count). The van der Waals surface area contributed by atoms with Crippen LogP contribution in [-0.2, 0) is 0 Å². The van der Waals surface area contributed by atoms with E-state index in [9.17, 15) is 0 Å². The lowest BCUT2D eigenvalue weighted by Gasteiger charge is -2.03. The molecule has 0 aliphatic rings. The quantitative estimate of drug-likeness (QED) is 0.556. The van der Waals surface area contributed by atoms with E-state index in [0.717, 1.165) is 0 Å². The van der Waals surface area contributed by atoms with Crippen molar-refractivity contribution in [3.63, 3.8) is 0 Å². The summed E-state index contributed by atoms with van der Waals surface area (Å²) in [6.45, 7) is 6.34. The van der Waals surface area contributed by atoms with E-state index in [1.165, 1.54) is 16.7 Å². The zero-order valence-corrected chi connectivity index (χ0v) is 10.9. The van der Waals surface area contributed by atoms with Crippen LogP contribution in [0.1, 0.15) is 20.8 Å². The van der Waals surface area contributed by atoms with Crippen LogP contribution in [0.5, 0.6) is 0 Å².